The van der Waals surface area contributed by atoms with E-state index in [0.717, 1.165) is 6.42 Å². The number of Topliss-reactive ketones (excluding diaryl/α,β-unsaturated/α-hetero) is 1. The van der Waals surface area contributed by atoms with Crippen molar-refractivity contribution in [3.05, 3.63) is 0 Å². The van der Waals surface area contributed by atoms with Crippen LogP contribution in [-0.2, 0) is 4.79 Å². The third-order valence-corrected chi connectivity index (χ3v) is 2.00. The maximum Gasteiger partial charge on any atom is 0.134 e. The second-order valence-electron chi connectivity index (χ2n) is 5.87. The van der Waals surface area contributed by atoms with E-state index in [4.69, 9.17) is 5.73 Å². The molecule has 0 aromatic rings. The Kier molecular flexibility index (Phi) is 5.35. The van der Waals surface area contributed by atoms with Gasteiger partial charge in [0.05, 0.1) is 0 Å². The fourth-order valence-electron chi connectivity index (χ4n) is 1.69. The SMILES string of the molecule is CC(C)CC(=O)CC(N)CC(C)(C)C. The van der Waals surface area contributed by atoms with Crippen LogP contribution < -0.4 is 5.73 Å². The predicted molar refractivity (Wildman–Crippen MR) is 61.1 cm³/mol. The van der Waals surface area contributed by atoms with Gasteiger partial charge in [0.2, 0.25) is 0 Å². The molecule has 0 saturated heterocycles. The second-order valence-corrected chi connectivity index (χ2v) is 5.87. The first-order valence-corrected chi connectivity index (χ1v) is 5.48. The summed E-state index contributed by atoms with van der Waals surface area (Å²) in [6.45, 7) is 10.6. The van der Waals surface area contributed by atoms with E-state index in [0.29, 0.717) is 24.5 Å². The maximum absolute atomic E-state index is 11.5. The van der Waals surface area contributed by atoms with E-state index in [1.807, 2.05) is 0 Å². The van der Waals surface area contributed by atoms with Crippen LogP contribution in [0, 0.1) is 11.3 Å². The molecule has 1 atom stereocenters. The third-order valence-electron chi connectivity index (χ3n) is 2.00. The van der Waals surface area contributed by atoms with Gasteiger partial charge in [-0.2, -0.15) is 0 Å². The summed E-state index contributed by atoms with van der Waals surface area (Å²) in [6, 6.07) is 0.0289. The molecular formula is C12H25NO. The molecule has 2 N–H and O–H groups in total. The van der Waals surface area contributed by atoms with E-state index in [9.17, 15) is 4.79 Å². The van der Waals surface area contributed by atoms with Crippen LogP contribution in [0.1, 0.15) is 53.9 Å². The zero-order valence-corrected chi connectivity index (χ0v) is 10.3. The smallest absolute Gasteiger partial charge is 0.134 e. The minimum atomic E-state index is 0.0289. The molecule has 0 aliphatic heterocycles. The molecule has 0 fully saturated rings. The quantitative estimate of drug-likeness (QED) is 0.740. The largest absolute Gasteiger partial charge is 0.327 e. The molecule has 1 unspecified atom stereocenters. The Bertz CT molecular complexity index is 179. The van der Waals surface area contributed by atoms with Gasteiger partial charge in [0, 0.05) is 18.9 Å². The number of carbonyl (C=O) groups excluding carboxylic acids is 1. The van der Waals surface area contributed by atoms with Gasteiger partial charge in [-0.05, 0) is 17.8 Å². The number of hydrogen-bond donors (Lipinski definition) is 1. The highest BCUT2D eigenvalue weighted by Crippen LogP contribution is 2.21. The number of nitrogens with two attached hydrogens (primary N) is 1. The Labute approximate surface area is 88.3 Å². The van der Waals surface area contributed by atoms with E-state index in [1.54, 1.807) is 0 Å². The minimum Gasteiger partial charge on any atom is -0.327 e. The summed E-state index contributed by atoms with van der Waals surface area (Å²) in [6.07, 6.45) is 2.12. The van der Waals surface area contributed by atoms with Crippen molar-refractivity contribution in [1.82, 2.24) is 0 Å². The zero-order chi connectivity index (χ0) is 11.4. The lowest BCUT2D eigenvalue weighted by Crippen LogP contribution is -2.29. The van der Waals surface area contributed by atoms with Crippen LogP contribution in [0.25, 0.3) is 0 Å². The lowest BCUT2D eigenvalue weighted by atomic mass is 9.86. The van der Waals surface area contributed by atoms with E-state index in [2.05, 4.69) is 34.6 Å². The number of hydrogen-bond acceptors (Lipinski definition) is 2. The lowest BCUT2D eigenvalue weighted by Gasteiger charge is -2.22. The number of rotatable bonds is 5. The number of carbonyl (C=O) groups is 1. The Morgan fingerprint density at radius 3 is 2.07 bits per heavy atom. The molecule has 0 rings (SSSR count). The van der Waals surface area contributed by atoms with Gasteiger partial charge in [0.15, 0.2) is 0 Å². The molecule has 0 spiro atoms. The summed E-state index contributed by atoms with van der Waals surface area (Å²) >= 11 is 0. The van der Waals surface area contributed by atoms with Gasteiger partial charge in [0.25, 0.3) is 0 Å². The molecule has 0 heterocycles. The van der Waals surface area contributed by atoms with Crippen molar-refractivity contribution in [2.75, 3.05) is 0 Å². The standard InChI is InChI=1S/C12H25NO/c1-9(2)6-11(14)7-10(13)8-12(3,4)5/h9-10H,6-8,13H2,1-5H3. The Morgan fingerprint density at radius 2 is 1.71 bits per heavy atom. The summed E-state index contributed by atoms with van der Waals surface area (Å²) in [5.74, 6) is 0.751. The van der Waals surface area contributed by atoms with Crippen LogP contribution in [0.3, 0.4) is 0 Å². The van der Waals surface area contributed by atoms with Gasteiger partial charge < -0.3 is 5.73 Å². The van der Waals surface area contributed by atoms with Crippen molar-refractivity contribution in [2.45, 2.75) is 59.9 Å². The Morgan fingerprint density at radius 1 is 1.21 bits per heavy atom. The molecule has 0 amide bonds. The summed E-state index contributed by atoms with van der Waals surface area (Å²) in [7, 11) is 0. The summed E-state index contributed by atoms with van der Waals surface area (Å²) in [4.78, 5) is 11.5. The minimum absolute atomic E-state index is 0.0289. The zero-order valence-electron chi connectivity index (χ0n) is 10.3. The Hall–Kier alpha value is -0.370. The molecule has 0 saturated carbocycles. The van der Waals surface area contributed by atoms with Gasteiger partial charge in [-0.15, -0.1) is 0 Å². The van der Waals surface area contributed by atoms with Gasteiger partial charge in [0.1, 0.15) is 5.78 Å². The highest BCUT2D eigenvalue weighted by molar-refractivity contribution is 5.79. The summed E-state index contributed by atoms with van der Waals surface area (Å²) < 4.78 is 0. The highest BCUT2D eigenvalue weighted by Gasteiger charge is 2.18. The summed E-state index contributed by atoms with van der Waals surface area (Å²) in [5.41, 5.74) is 6.14. The average Bonchev–Trinajstić information content (AvgIpc) is 1.77. The van der Waals surface area contributed by atoms with Gasteiger partial charge >= 0.3 is 0 Å². The van der Waals surface area contributed by atoms with E-state index >= 15 is 0 Å². The first-order chi connectivity index (χ1) is 6.20. The van der Waals surface area contributed by atoms with Crippen molar-refractivity contribution >= 4 is 5.78 Å². The summed E-state index contributed by atoms with van der Waals surface area (Å²) in [5, 5.41) is 0. The van der Waals surface area contributed by atoms with Crippen molar-refractivity contribution in [3.8, 4) is 0 Å². The van der Waals surface area contributed by atoms with Crippen LogP contribution in [0.15, 0.2) is 0 Å². The van der Waals surface area contributed by atoms with E-state index < -0.39 is 0 Å². The van der Waals surface area contributed by atoms with Crippen LogP contribution in [0.4, 0.5) is 0 Å². The predicted octanol–water partition coefficient (Wildman–Crippen LogP) is 2.76. The molecule has 0 aromatic carbocycles. The van der Waals surface area contributed by atoms with Gasteiger partial charge in [-0.25, -0.2) is 0 Å². The van der Waals surface area contributed by atoms with Crippen LogP contribution >= 0.6 is 0 Å². The van der Waals surface area contributed by atoms with E-state index in [1.165, 1.54) is 0 Å². The maximum atomic E-state index is 11.5. The lowest BCUT2D eigenvalue weighted by molar-refractivity contribution is -0.120. The molecule has 0 aromatic heterocycles. The molecule has 0 bridgehead atoms. The van der Waals surface area contributed by atoms with Gasteiger partial charge in [-0.3, -0.25) is 4.79 Å². The third kappa shape index (κ3) is 8.24. The van der Waals surface area contributed by atoms with Crippen LogP contribution in [0.2, 0.25) is 0 Å². The molecule has 14 heavy (non-hydrogen) atoms. The van der Waals surface area contributed by atoms with Crippen LogP contribution in [-0.4, -0.2) is 11.8 Å². The molecule has 0 radical (unpaired) electrons. The molecule has 2 heteroatoms. The topological polar surface area (TPSA) is 43.1 Å². The van der Waals surface area contributed by atoms with Crippen molar-refractivity contribution < 1.29 is 4.79 Å². The fourth-order valence-corrected chi connectivity index (χ4v) is 1.69. The van der Waals surface area contributed by atoms with Crippen molar-refractivity contribution in [2.24, 2.45) is 17.1 Å². The molecule has 0 aliphatic rings. The highest BCUT2D eigenvalue weighted by atomic mass is 16.1. The molecular weight excluding hydrogens is 174 g/mol. The molecule has 0 aliphatic carbocycles. The Balaban J connectivity index is 3.83. The molecule has 84 valence electrons. The first kappa shape index (κ1) is 13.6. The normalized spacial score (nSPS) is 14.5. The monoisotopic (exact) mass is 199 g/mol. The van der Waals surface area contributed by atoms with Crippen molar-refractivity contribution in [1.29, 1.82) is 0 Å². The molecule has 2 nitrogen and oxygen atoms in total. The number of ketones is 1. The van der Waals surface area contributed by atoms with Crippen molar-refractivity contribution in [3.63, 3.8) is 0 Å². The van der Waals surface area contributed by atoms with Gasteiger partial charge in [-0.1, -0.05) is 34.6 Å². The average molecular weight is 199 g/mol. The second kappa shape index (κ2) is 5.50. The van der Waals surface area contributed by atoms with Crippen LogP contribution in [0.5, 0.6) is 0 Å². The first-order valence-electron chi connectivity index (χ1n) is 5.48. The van der Waals surface area contributed by atoms with E-state index in [-0.39, 0.29) is 11.5 Å². The fraction of sp³-hybridized carbons (Fsp3) is 0.917.